The van der Waals surface area contributed by atoms with Gasteiger partial charge in [-0.2, -0.15) is 0 Å². The Hall–Kier alpha value is -1.24. The first-order valence-electron chi connectivity index (χ1n) is 7.15. The van der Waals surface area contributed by atoms with E-state index >= 15 is 0 Å². The highest BCUT2D eigenvalue weighted by molar-refractivity contribution is 5.20. The third-order valence-corrected chi connectivity index (χ3v) is 3.22. The highest BCUT2D eigenvalue weighted by Crippen LogP contribution is 2.18. The fourth-order valence-corrected chi connectivity index (χ4v) is 2.08. The van der Waals surface area contributed by atoms with Gasteiger partial charge < -0.3 is 4.74 Å². The maximum absolute atomic E-state index is 5.86. The summed E-state index contributed by atoms with van der Waals surface area (Å²) in [6, 6.07) is 10.1. The second-order valence-corrected chi connectivity index (χ2v) is 4.85. The highest BCUT2D eigenvalue weighted by Gasteiger charge is 2.08. The molecule has 0 aliphatic carbocycles. The Labute approximate surface area is 112 Å². The average molecular weight is 246 g/mol. The maximum atomic E-state index is 5.86. The van der Waals surface area contributed by atoms with E-state index in [4.69, 9.17) is 4.74 Å². The first kappa shape index (κ1) is 14.8. The second kappa shape index (κ2) is 9.76. The first-order chi connectivity index (χ1) is 8.86. The number of rotatable bonds is 10. The molecule has 0 saturated heterocycles. The van der Waals surface area contributed by atoms with Crippen molar-refractivity contribution < 1.29 is 4.74 Å². The van der Waals surface area contributed by atoms with E-state index in [2.05, 4.69) is 13.5 Å². The van der Waals surface area contributed by atoms with Crippen molar-refractivity contribution in [1.29, 1.82) is 0 Å². The fourth-order valence-electron chi connectivity index (χ4n) is 2.08. The minimum atomic E-state index is 0.662. The van der Waals surface area contributed by atoms with Gasteiger partial charge in [0.25, 0.3) is 0 Å². The fraction of sp³-hybridized carbons (Fsp3) is 0.529. The average Bonchev–Trinajstić information content (AvgIpc) is 2.42. The van der Waals surface area contributed by atoms with Gasteiger partial charge in [-0.15, -0.1) is 6.58 Å². The van der Waals surface area contributed by atoms with E-state index in [0.29, 0.717) is 5.92 Å². The summed E-state index contributed by atoms with van der Waals surface area (Å²) in [4.78, 5) is 0. The van der Waals surface area contributed by atoms with Gasteiger partial charge in [0.15, 0.2) is 0 Å². The third-order valence-electron chi connectivity index (χ3n) is 3.22. The molecule has 0 amide bonds. The number of unbranched alkanes of at least 4 members (excludes halogenated alkanes) is 2. The lowest BCUT2D eigenvalue weighted by atomic mass is 9.97. The Balaban J connectivity index is 2.32. The molecule has 0 aromatic heterocycles. The van der Waals surface area contributed by atoms with Crippen LogP contribution in [0.1, 0.15) is 45.4 Å². The van der Waals surface area contributed by atoms with Gasteiger partial charge in [0, 0.05) is 0 Å². The Kier molecular flexibility index (Phi) is 8.03. The summed E-state index contributed by atoms with van der Waals surface area (Å²) in [6.07, 6.45) is 9.50. The summed E-state index contributed by atoms with van der Waals surface area (Å²) in [5.74, 6) is 1.64. The Morgan fingerprint density at radius 1 is 1.17 bits per heavy atom. The van der Waals surface area contributed by atoms with Gasteiger partial charge in [0.05, 0.1) is 6.61 Å². The van der Waals surface area contributed by atoms with Crippen LogP contribution in [0.4, 0.5) is 0 Å². The molecule has 1 heteroatoms. The van der Waals surface area contributed by atoms with Crippen LogP contribution in [-0.4, -0.2) is 6.61 Å². The number of ether oxygens (including phenoxy) is 1. The molecule has 0 heterocycles. The minimum Gasteiger partial charge on any atom is -0.493 e. The minimum absolute atomic E-state index is 0.662. The zero-order valence-electron chi connectivity index (χ0n) is 11.6. The van der Waals surface area contributed by atoms with Crippen LogP contribution in [0.15, 0.2) is 43.0 Å². The van der Waals surface area contributed by atoms with Gasteiger partial charge in [-0.05, 0) is 37.3 Å². The van der Waals surface area contributed by atoms with Crippen molar-refractivity contribution in [3.05, 3.63) is 43.0 Å². The standard InChI is InChI=1S/C17H26O/c1-3-5-8-12-16(11-6-4-2)15-18-17-13-9-7-10-14-17/h4,7,9-10,13-14,16H,2-3,5-6,8,11-12,15H2,1H3. The first-order valence-corrected chi connectivity index (χ1v) is 7.15. The van der Waals surface area contributed by atoms with Gasteiger partial charge in [-0.1, -0.05) is 50.5 Å². The monoisotopic (exact) mass is 246 g/mol. The maximum Gasteiger partial charge on any atom is 0.119 e. The Bertz CT molecular complexity index is 305. The van der Waals surface area contributed by atoms with Crippen molar-refractivity contribution in [2.75, 3.05) is 6.61 Å². The van der Waals surface area contributed by atoms with Crippen molar-refractivity contribution in [3.63, 3.8) is 0 Å². The summed E-state index contributed by atoms with van der Waals surface area (Å²) < 4.78 is 5.86. The van der Waals surface area contributed by atoms with E-state index < -0.39 is 0 Å². The van der Waals surface area contributed by atoms with Gasteiger partial charge in [0.1, 0.15) is 5.75 Å². The van der Waals surface area contributed by atoms with E-state index in [1.807, 2.05) is 36.4 Å². The van der Waals surface area contributed by atoms with E-state index in [1.165, 1.54) is 32.1 Å². The molecule has 1 rings (SSSR count). The summed E-state index contributed by atoms with van der Waals surface area (Å²) >= 11 is 0. The van der Waals surface area contributed by atoms with Crippen LogP contribution in [-0.2, 0) is 0 Å². The van der Waals surface area contributed by atoms with Crippen LogP contribution in [0.3, 0.4) is 0 Å². The quantitative estimate of drug-likeness (QED) is 0.406. The van der Waals surface area contributed by atoms with E-state index in [-0.39, 0.29) is 0 Å². The normalized spacial score (nSPS) is 12.1. The molecular weight excluding hydrogens is 220 g/mol. The molecule has 0 aliphatic rings. The lowest BCUT2D eigenvalue weighted by Gasteiger charge is -2.17. The van der Waals surface area contributed by atoms with Gasteiger partial charge in [-0.3, -0.25) is 0 Å². The van der Waals surface area contributed by atoms with Crippen LogP contribution in [0, 0.1) is 5.92 Å². The lowest BCUT2D eigenvalue weighted by Crippen LogP contribution is -2.12. The topological polar surface area (TPSA) is 9.23 Å². The van der Waals surface area contributed by atoms with Crippen molar-refractivity contribution in [2.24, 2.45) is 5.92 Å². The molecule has 0 saturated carbocycles. The molecule has 0 radical (unpaired) electrons. The van der Waals surface area contributed by atoms with E-state index in [0.717, 1.165) is 18.8 Å². The van der Waals surface area contributed by atoms with Gasteiger partial charge >= 0.3 is 0 Å². The SMILES string of the molecule is C=CCCC(CCCCC)COc1ccccc1. The molecule has 18 heavy (non-hydrogen) atoms. The van der Waals surface area contributed by atoms with Crippen molar-refractivity contribution in [1.82, 2.24) is 0 Å². The molecule has 1 aromatic rings. The molecule has 0 bridgehead atoms. The van der Waals surface area contributed by atoms with Crippen molar-refractivity contribution >= 4 is 0 Å². The molecule has 1 atom stereocenters. The molecular formula is C17H26O. The lowest BCUT2D eigenvalue weighted by molar-refractivity contribution is 0.229. The summed E-state index contributed by atoms with van der Waals surface area (Å²) in [6.45, 7) is 6.89. The van der Waals surface area contributed by atoms with Crippen LogP contribution in [0.2, 0.25) is 0 Å². The van der Waals surface area contributed by atoms with Crippen LogP contribution in [0.25, 0.3) is 0 Å². The number of para-hydroxylation sites is 1. The zero-order valence-corrected chi connectivity index (χ0v) is 11.6. The predicted molar refractivity (Wildman–Crippen MR) is 79.0 cm³/mol. The smallest absolute Gasteiger partial charge is 0.119 e. The summed E-state index contributed by atoms with van der Waals surface area (Å²) in [7, 11) is 0. The summed E-state index contributed by atoms with van der Waals surface area (Å²) in [5.41, 5.74) is 0. The molecule has 100 valence electrons. The van der Waals surface area contributed by atoms with Gasteiger partial charge in [0.2, 0.25) is 0 Å². The van der Waals surface area contributed by atoms with Crippen molar-refractivity contribution in [3.8, 4) is 5.75 Å². The highest BCUT2D eigenvalue weighted by atomic mass is 16.5. The Morgan fingerprint density at radius 2 is 1.94 bits per heavy atom. The number of benzene rings is 1. The zero-order chi connectivity index (χ0) is 13.1. The predicted octanol–water partition coefficient (Wildman–Crippen LogP) is 5.23. The number of hydrogen-bond donors (Lipinski definition) is 0. The molecule has 1 unspecified atom stereocenters. The van der Waals surface area contributed by atoms with Crippen LogP contribution in [0.5, 0.6) is 5.75 Å². The van der Waals surface area contributed by atoms with E-state index in [9.17, 15) is 0 Å². The molecule has 0 aliphatic heterocycles. The second-order valence-electron chi connectivity index (χ2n) is 4.85. The van der Waals surface area contributed by atoms with Gasteiger partial charge in [-0.25, -0.2) is 0 Å². The van der Waals surface area contributed by atoms with Crippen LogP contribution >= 0.6 is 0 Å². The molecule has 0 N–H and O–H groups in total. The van der Waals surface area contributed by atoms with Crippen LogP contribution < -0.4 is 4.74 Å². The third kappa shape index (κ3) is 6.48. The number of allylic oxidation sites excluding steroid dienone is 1. The molecule has 1 nitrogen and oxygen atoms in total. The number of hydrogen-bond acceptors (Lipinski definition) is 1. The largest absolute Gasteiger partial charge is 0.493 e. The molecule has 0 fully saturated rings. The van der Waals surface area contributed by atoms with E-state index in [1.54, 1.807) is 0 Å². The van der Waals surface area contributed by atoms with Crippen molar-refractivity contribution in [2.45, 2.75) is 45.4 Å². The Morgan fingerprint density at radius 3 is 2.61 bits per heavy atom. The molecule has 0 spiro atoms. The summed E-state index contributed by atoms with van der Waals surface area (Å²) in [5, 5.41) is 0. The molecule has 1 aromatic carbocycles.